The van der Waals surface area contributed by atoms with Gasteiger partial charge in [-0.15, -0.1) is 0 Å². The Balaban J connectivity index is 1.72. The first-order chi connectivity index (χ1) is 14.1. The van der Waals surface area contributed by atoms with Gasteiger partial charge in [0.2, 0.25) is 0 Å². The Morgan fingerprint density at radius 3 is 2.48 bits per heavy atom. The minimum Gasteiger partial charge on any atom is -0.489 e. The minimum atomic E-state index is 0.304. The Morgan fingerprint density at radius 1 is 0.966 bits per heavy atom. The first kappa shape index (κ1) is 22.2. The molecular formula is C24H24BrCl2NO. The summed E-state index contributed by atoms with van der Waals surface area (Å²) in [5, 5.41) is 4.93. The average Bonchev–Trinajstić information content (AvgIpc) is 2.72. The topological polar surface area (TPSA) is 21.3 Å². The van der Waals surface area contributed by atoms with Crippen LogP contribution in [0.4, 0.5) is 0 Å². The van der Waals surface area contributed by atoms with Crippen molar-refractivity contribution in [2.45, 2.75) is 39.0 Å². The predicted molar refractivity (Wildman–Crippen MR) is 126 cm³/mol. The summed E-state index contributed by atoms with van der Waals surface area (Å²) in [6.45, 7) is 3.31. The molecule has 0 aliphatic heterocycles. The molecule has 0 saturated heterocycles. The van der Waals surface area contributed by atoms with Gasteiger partial charge in [-0.2, -0.15) is 0 Å². The summed E-state index contributed by atoms with van der Waals surface area (Å²) >= 11 is 15.8. The summed E-state index contributed by atoms with van der Waals surface area (Å²) in [7, 11) is 0. The maximum Gasteiger partial charge on any atom is 0.124 e. The van der Waals surface area contributed by atoms with Gasteiger partial charge < -0.3 is 10.1 Å². The highest BCUT2D eigenvalue weighted by atomic mass is 79.9. The van der Waals surface area contributed by atoms with Gasteiger partial charge in [-0.05, 0) is 42.3 Å². The van der Waals surface area contributed by atoms with E-state index in [1.165, 1.54) is 5.56 Å². The molecule has 0 bridgehead atoms. The molecule has 0 aromatic heterocycles. The number of hydrogen-bond acceptors (Lipinski definition) is 2. The summed E-state index contributed by atoms with van der Waals surface area (Å²) in [4.78, 5) is 0. The number of ether oxygens (including phenoxy) is 1. The molecule has 5 heteroatoms. The van der Waals surface area contributed by atoms with Crippen LogP contribution in [0, 0.1) is 0 Å². The van der Waals surface area contributed by atoms with E-state index in [-0.39, 0.29) is 0 Å². The second-order valence-electron chi connectivity index (χ2n) is 6.91. The molecule has 0 spiro atoms. The maximum atomic E-state index is 6.28. The molecule has 3 aromatic carbocycles. The predicted octanol–water partition coefficient (Wildman–Crippen LogP) is 7.97. The average molecular weight is 493 g/mol. The van der Waals surface area contributed by atoms with Gasteiger partial charge in [0.15, 0.2) is 0 Å². The summed E-state index contributed by atoms with van der Waals surface area (Å²) in [5.41, 5.74) is 3.31. The number of benzene rings is 3. The first-order valence-corrected chi connectivity index (χ1v) is 11.2. The van der Waals surface area contributed by atoms with Crippen LogP contribution < -0.4 is 10.1 Å². The molecule has 1 unspecified atom stereocenters. The highest BCUT2D eigenvalue weighted by Gasteiger charge is 2.12. The lowest BCUT2D eigenvalue weighted by Gasteiger charge is -2.20. The summed E-state index contributed by atoms with van der Waals surface area (Å²) < 4.78 is 7.13. The summed E-state index contributed by atoms with van der Waals surface area (Å²) in [5.74, 6) is 0.843. The van der Waals surface area contributed by atoms with E-state index in [0.29, 0.717) is 29.2 Å². The number of halogens is 3. The lowest BCUT2D eigenvalue weighted by molar-refractivity contribution is 0.301. The number of rotatable bonds is 9. The molecule has 29 heavy (non-hydrogen) atoms. The van der Waals surface area contributed by atoms with Crippen molar-refractivity contribution in [3.8, 4) is 5.75 Å². The van der Waals surface area contributed by atoms with Gasteiger partial charge in [-0.25, -0.2) is 0 Å². The van der Waals surface area contributed by atoms with Crippen molar-refractivity contribution in [2.24, 2.45) is 0 Å². The molecule has 1 atom stereocenters. The Hall–Kier alpha value is -1.52. The molecular weight excluding hydrogens is 469 g/mol. The van der Waals surface area contributed by atoms with Gasteiger partial charge in [-0.1, -0.05) is 88.9 Å². The zero-order valence-corrected chi connectivity index (χ0v) is 19.4. The molecule has 0 fully saturated rings. The van der Waals surface area contributed by atoms with Crippen LogP contribution >= 0.6 is 39.1 Å². The van der Waals surface area contributed by atoms with Crippen molar-refractivity contribution in [3.05, 3.63) is 97.9 Å². The zero-order valence-electron chi connectivity index (χ0n) is 16.3. The van der Waals surface area contributed by atoms with Crippen molar-refractivity contribution >= 4 is 39.1 Å². The minimum absolute atomic E-state index is 0.304. The lowest BCUT2D eigenvalue weighted by atomic mass is 10.0. The van der Waals surface area contributed by atoms with Crippen LogP contribution in [0.15, 0.2) is 71.2 Å². The molecule has 3 rings (SSSR count). The van der Waals surface area contributed by atoms with Crippen LogP contribution in [0.2, 0.25) is 10.0 Å². The highest BCUT2D eigenvalue weighted by molar-refractivity contribution is 9.10. The summed E-state index contributed by atoms with van der Waals surface area (Å²) in [6.07, 6.45) is 2.19. The standard InChI is InChI=1S/C24H24BrCl2NO/c1-2-6-23(17-7-4-3-5-8-17)28-15-19-13-20(25)10-12-24(19)29-16-18-9-11-21(26)14-22(18)27/h3-5,7-14,23,28H,2,6,15-16H2,1H3. The van der Waals surface area contributed by atoms with Gasteiger partial charge >= 0.3 is 0 Å². The maximum absolute atomic E-state index is 6.28. The monoisotopic (exact) mass is 491 g/mol. The van der Waals surface area contributed by atoms with Crippen LogP contribution in [0.5, 0.6) is 5.75 Å². The largest absolute Gasteiger partial charge is 0.489 e. The van der Waals surface area contributed by atoms with Gasteiger partial charge in [0.05, 0.1) is 0 Å². The second-order valence-corrected chi connectivity index (χ2v) is 8.67. The van der Waals surface area contributed by atoms with Crippen molar-refractivity contribution in [3.63, 3.8) is 0 Å². The third kappa shape index (κ3) is 6.48. The Morgan fingerprint density at radius 2 is 1.76 bits per heavy atom. The van der Waals surface area contributed by atoms with Crippen LogP contribution in [0.3, 0.4) is 0 Å². The van der Waals surface area contributed by atoms with Crippen molar-refractivity contribution < 1.29 is 4.74 Å². The molecule has 0 aliphatic rings. The van der Waals surface area contributed by atoms with E-state index in [2.05, 4.69) is 64.6 Å². The van der Waals surface area contributed by atoms with Gasteiger partial charge in [0.25, 0.3) is 0 Å². The van der Waals surface area contributed by atoms with Crippen molar-refractivity contribution in [1.82, 2.24) is 5.32 Å². The van der Waals surface area contributed by atoms with E-state index in [1.54, 1.807) is 6.07 Å². The van der Waals surface area contributed by atoms with Gasteiger partial charge in [0.1, 0.15) is 12.4 Å². The molecule has 1 N–H and O–H groups in total. The fourth-order valence-electron chi connectivity index (χ4n) is 3.21. The molecule has 0 saturated carbocycles. The zero-order chi connectivity index (χ0) is 20.6. The SMILES string of the molecule is CCCC(NCc1cc(Br)ccc1OCc1ccc(Cl)cc1Cl)c1ccccc1. The molecule has 0 radical (unpaired) electrons. The quantitative estimate of drug-likeness (QED) is 0.327. The smallest absolute Gasteiger partial charge is 0.124 e. The van der Waals surface area contributed by atoms with E-state index in [4.69, 9.17) is 27.9 Å². The molecule has 3 aromatic rings. The molecule has 2 nitrogen and oxygen atoms in total. The molecule has 152 valence electrons. The van der Waals surface area contributed by atoms with E-state index in [1.807, 2.05) is 24.3 Å². The Kier molecular flexibility index (Phi) is 8.43. The van der Waals surface area contributed by atoms with E-state index < -0.39 is 0 Å². The number of hydrogen-bond donors (Lipinski definition) is 1. The fourth-order valence-corrected chi connectivity index (χ4v) is 4.09. The van der Waals surface area contributed by atoms with Crippen LogP contribution in [0.1, 0.15) is 42.5 Å². The van der Waals surface area contributed by atoms with E-state index in [0.717, 1.165) is 34.2 Å². The molecule has 0 heterocycles. The Bertz CT molecular complexity index is 933. The molecule has 0 amide bonds. The van der Waals surface area contributed by atoms with Crippen molar-refractivity contribution in [2.75, 3.05) is 0 Å². The normalized spacial score (nSPS) is 12.0. The van der Waals surface area contributed by atoms with Crippen molar-refractivity contribution in [1.29, 1.82) is 0 Å². The van der Waals surface area contributed by atoms with Gasteiger partial charge in [0, 0.05) is 38.2 Å². The Labute approximate surface area is 191 Å². The lowest BCUT2D eigenvalue weighted by Crippen LogP contribution is -2.21. The molecule has 0 aliphatic carbocycles. The van der Waals surface area contributed by atoms with Crippen LogP contribution in [0.25, 0.3) is 0 Å². The highest BCUT2D eigenvalue weighted by Crippen LogP contribution is 2.28. The summed E-state index contributed by atoms with van der Waals surface area (Å²) in [6, 6.07) is 22.4. The first-order valence-electron chi connectivity index (χ1n) is 9.70. The second kappa shape index (κ2) is 11.0. The number of nitrogens with one attached hydrogen (secondary N) is 1. The van der Waals surface area contributed by atoms with E-state index >= 15 is 0 Å². The third-order valence-electron chi connectivity index (χ3n) is 4.74. The fraction of sp³-hybridized carbons (Fsp3) is 0.250. The van der Waals surface area contributed by atoms with Gasteiger partial charge in [-0.3, -0.25) is 0 Å². The van der Waals surface area contributed by atoms with E-state index in [9.17, 15) is 0 Å². The van der Waals surface area contributed by atoms with Crippen LogP contribution in [-0.4, -0.2) is 0 Å². The third-order valence-corrected chi connectivity index (χ3v) is 5.82. The van der Waals surface area contributed by atoms with Crippen LogP contribution in [-0.2, 0) is 13.2 Å².